The summed E-state index contributed by atoms with van der Waals surface area (Å²) in [5.41, 5.74) is 0. The Labute approximate surface area is 135 Å². The van der Waals surface area contributed by atoms with Gasteiger partial charge in [-0.2, -0.15) is 0 Å². The van der Waals surface area contributed by atoms with E-state index in [0.717, 1.165) is 0 Å². The summed E-state index contributed by atoms with van der Waals surface area (Å²) in [6.45, 7) is 10.5. The molecule has 3 aromatic rings. The van der Waals surface area contributed by atoms with E-state index in [1.807, 2.05) is 48.5 Å². The molecule has 3 rings (SSSR count). The van der Waals surface area contributed by atoms with Gasteiger partial charge in [0.2, 0.25) is 0 Å². The maximum absolute atomic E-state index is 9.77. The Balaban J connectivity index is -0.000000233. The largest absolute Gasteiger partial charge is 0.473 e. The van der Waals surface area contributed by atoms with Crippen LogP contribution in [0.3, 0.4) is 0 Å². The number of carbonyl (C=O) groups is 1. The summed E-state index contributed by atoms with van der Waals surface area (Å²) < 4.78 is 16.7. The van der Waals surface area contributed by atoms with Crippen molar-refractivity contribution in [2.24, 2.45) is 0 Å². The number of carbonyl (C=O) groups excluding carboxylic acids is 1. The summed E-state index contributed by atoms with van der Waals surface area (Å²) in [6.07, 6.45) is 5.38. The molecule has 0 fully saturated rings. The number of furan rings is 2. The second-order valence-electron chi connectivity index (χ2n) is 3.08. The van der Waals surface area contributed by atoms with Crippen molar-refractivity contribution >= 4 is 6.29 Å². The normalized spacial score (nSPS) is 6.70. The smallest absolute Gasteiger partial charge is 0.0902 e. The van der Waals surface area contributed by atoms with Crippen LogP contribution in [0.15, 0.2) is 101 Å². The van der Waals surface area contributed by atoms with Crippen LogP contribution >= 0.6 is 0 Å². The SMILES string of the molecule is C=C.O.O=Cc1ccco1.[C-]#[O+].c1ccccc1.c1ccoc1. The maximum Gasteiger partial charge on any atom is 0.0902 e. The first-order chi connectivity index (χ1) is 10.9. The maximum atomic E-state index is 9.77. The summed E-state index contributed by atoms with van der Waals surface area (Å²) in [4.78, 5) is 9.77. The van der Waals surface area contributed by atoms with Crippen molar-refractivity contribution in [2.45, 2.75) is 0 Å². The Morgan fingerprint density at radius 3 is 1.43 bits per heavy atom. The quantitative estimate of drug-likeness (QED) is 0.294. The van der Waals surface area contributed by atoms with Crippen LogP contribution in [0.25, 0.3) is 0 Å². The minimum Gasteiger partial charge on any atom is -0.473 e. The molecule has 0 unspecified atom stereocenters. The third kappa shape index (κ3) is 18.9. The standard InChI is InChI=1S/C6H6.C5H4O2.C4H4O.C2H4.CO.H2O/c1-2-4-6-5-3-1;6-4-5-2-1-3-7-5;1-2-4-5-3-1;2*1-2;/h1-6H;1-4H;1-4H;1-2H2;;1H2. The van der Waals surface area contributed by atoms with Crippen LogP contribution < -0.4 is 0 Å². The summed E-state index contributed by atoms with van der Waals surface area (Å²) in [7, 11) is 0. The van der Waals surface area contributed by atoms with E-state index in [2.05, 4.69) is 28.6 Å². The zero-order valence-corrected chi connectivity index (χ0v) is 12.6. The predicted octanol–water partition coefficient (Wildman–Crippen LogP) is 4.00. The molecule has 0 amide bonds. The predicted molar refractivity (Wildman–Crippen MR) is 88.0 cm³/mol. The first-order valence-electron chi connectivity index (χ1n) is 6.10. The van der Waals surface area contributed by atoms with Gasteiger partial charge in [0.25, 0.3) is 0 Å². The van der Waals surface area contributed by atoms with Gasteiger partial charge in [0.1, 0.15) is 0 Å². The molecule has 0 spiro atoms. The minimum atomic E-state index is 0. The van der Waals surface area contributed by atoms with Gasteiger partial charge in [-0.05, 0) is 24.3 Å². The average Bonchev–Trinajstić information content (AvgIpc) is 3.36. The van der Waals surface area contributed by atoms with Gasteiger partial charge >= 0.3 is 11.3 Å². The summed E-state index contributed by atoms with van der Waals surface area (Å²) >= 11 is 0. The molecule has 0 aliphatic carbocycles. The van der Waals surface area contributed by atoms with E-state index in [-0.39, 0.29) is 5.48 Å². The van der Waals surface area contributed by atoms with E-state index in [9.17, 15) is 4.79 Å². The van der Waals surface area contributed by atoms with Gasteiger partial charge < -0.3 is 14.3 Å². The molecule has 0 aliphatic heterocycles. The Morgan fingerprint density at radius 1 is 0.826 bits per heavy atom. The van der Waals surface area contributed by atoms with Crippen molar-refractivity contribution in [1.29, 1.82) is 0 Å². The number of hydrogen-bond donors (Lipinski definition) is 0. The van der Waals surface area contributed by atoms with Gasteiger partial charge in [-0.3, -0.25) is 4.79 Å². The van der Waals surface area contributed by atoms with E-state index in [0.29, 0.717) is 12.0 Å². The molecule has 5 heteroatoms. The van der Waals surface area contributed by atoms with Crippen LogP contribution in [0.5, 0.6) is 0 Å². The van der Waals surface area contributed by atoms with Crippen LogP contribution in [-0.4, -0.2) is 11.8 Å². The van der Waals surface area contributed by atoms with Crippen LogP contribution in [0, 0.1) is 6.65 Å². The molecule has 0 bridgehead atoms. The van der Waals surface area contributed by atoms with Crippen molar-refractivity contribution in [3.8, 4) is 0 Å². The Hall–Kier alpha value is -3.11. The second-order valence-corrected chi connectivity index (χ2v) is 3.08. The van der Waals surface area contributed by atoms with Crippen molar-refractivity contribution in [3.05, 3.63) is 105 Å². The fourth-order valence-electron chi connectivity index (χ4n) is 0.970. The number of benzene rings is 1. The molecule has 122 valence electrons. The molecule has 0 atom stereocenters. The summed E-state index contributed by atoms with van der Waals surface area (Å²) in [5, 5.41) is 0. The molecule has 0 aliphatic rings. The molecule has 2 N–H and O–H groups in total. The van der Waals surface area contributed by atoms with E-state index < -0.39 is 0 Å². The fourth-order valence-corrected chi connectivity index (χ4v) is 0.970. The average molecular weight is 316 g/mol. The van der Waals surface area contributed by atoms with E-state index in [4.69, 9.17) is 4.65 Å². The van der Waals surface area contributed by atoms with Crippen molar-refractivity contribution in [2.75, 3.05) is 0 Å². The number of hydrogen-bond acceptors (Lipinski definition) is 3. The van der Waals surface area contributed by atoms with Crippen LogP contribution in [-0.2, 0) is 4.65 Å². The van der Waals surface area contributed by atoms with Crippen LogP contribution in [0.4, 0.5) is 0 Å². The molecular weight excluding hydrogens is 296 g/mol. The van der Waals surface area contributed by atoms with Crippen LogP contribution in [0.2, 0.25) is 0 Å². The van der Waals surface area contributed by atoms with E-state index >= 15 is 0 Å². The Morgan fingerprint density at radius 2 is 1.26 bits per heavy atom. The minimum absolute atomic E-state index is 0. The molecule has 1 aromatic carbocycles. The molecule has 2 heterocycles. The Bertz CT molecular complexity index is 483. The monoisotopic (exact) mass is 316 g/mol. The van der Waals surface area contributed by atoms with Gasteiger partial charge in [-0.25, -0.2) is 0 Å². The van der Waals surface area contributed by atoms with Crippen LogP contribution in [0.1, 0.15) is 10.6 Å². The summed E-state index contributed by atoms with van der Waals surface area (Å²) in [6, 6.07) is 18.9. The van der Waals surface area contributed by atoms with E-state index in [1.54, 1.807) is 24.7 Å². The molecule has 0 radical (unpaired) electrons. The first kappa shape index (κ1) is 24.9. The zero-order valence-electron chi connectivity index (χ0n) is 12.6. The molecular formula is C18H20O5. The fraction of sp³-hybridized carbons (Fsp3) is 0. The third-order valence-corrected chi connectivity index (χ3v) is 1.75. The Kier molecular flexibility index (Phi) is 25.9. The molecule has 0 saturated carbocycles. The van der Waals surface area contributed by atoms with Gasteiger partial charge in [-0.15, -0.1) is 13.2 Å². The van der Waals surface area contributed by atoms with Gasteiger partial charge in [0, 0.05) is 0 Å². The van der Waals surface area contributed by atoms with Crippen molar-refractivity contribution < 1.29 is 23.8 Å². The van der Waals surface area contributed by atoms with Crippen molar-refractivity contribution in [3.63, 3.8) is 0 Å². The molecule has 5 nitrogen and oxygen atoms in total. The number of aldehydes is 1. The van der Waals surface area contributed by atoms with Gasteiger partial charge in [-0.1, -0.05) is 36.4 Å². The topological polar surface area (TPSA) is 94.8 Å². The van der Waals surface area contributed by atoms with Gasteiger partial charge in [0.05, 0.1) is 18.8 Å². The first-order valence-corrected chi connectivity index (χ1v) is 6.10. The molecule has 23 heavy (non-hydrogen) atoms. The van der Waals surface area contributed by atoms with Gasteiger partial charge in [0.15, 0.2) is 12.0 Å². The third-order valence-electron chi connectivity index (χ3n) is 1.75. The molecule has 0 saturated heterocycles. The van der Waals surface area contributed by atoms with Crippen molar-refractivity contribution in [1.82, 2.24) is 0 Å². The second kappa shape index (κ2) is 23.9. The number of rotatable bonds is 1. The van der Waals surface area contributed by atoms with E-state index in [1.165, 1.54) is 6.26 Å². The zero-order chi connectivity index (χ0) is 16.9. The summed E-state index contributed by atoms with van der Waals surface area (Å²) in [5.74, 6) is 0.375. The molecule has 2 aromatic heterocycles.